The van der Waals surface area contributed by atoms with Gasteiger partial charge < -0.3 is 23.7 Å². The van der Waals surface area contributed by atoms with Crippen LogP contribution in [0.5, 0.6) is 5.75 Å². The van der Waals surface area contributed by atoms with Gasteiger partial charge in [0.2, 0.25) is 0 Å². The fraction of sp³-hybridized carbons (Fsp3) is 0.615. The number of amides is 1. The summed E-state index contributed by atoms with van der Waals surface area (Å²) in [6, 6.07) is 1.31. The van der Waals surface area contributed by atoms with Crippen LogP contribution in [0.2, 0.25) is 23.2 Å². The first-order valence-corrected chi connectivity index (χ1v) is 16.8. The van der Waals surface area contributed by atoms with E-state index in [9.17, 15) is 14.9 Å². The lowest BCUT2D eigenvalue weighted by atomic mass is 10.1. The van der Waals surface area contributed by atoms with Crippen LogP contribution in [0, 0.1) is 10.1 Å². The third-order valence-electron chi connectivity index (χ3n) is 7.23. The van der Waals surface area contributed by atoms with Crippen molar-refractivity contribution in [1.82, 2.24) is 9.88 Å². The van der Waals surface area contributed by atoms with E-state index in [0.29, 0.717) is 34.2 Å². The summed E-state index contributed by atoms with van der Waals surface area (Å²) >= 11 is 10.0. The number of aromatic nitrogens is 1. The second-order valence-electron chi connectivity index (χ2n) is 12.2. The molecular weight excluding hydrogens is 608 g/mol. The second kappa shape index (κ2) is 11.4. The van der Waals surface area contributed by atoms with E-state index in [2.05, 4.69) is 54.8 Å². The van der Waals surface area contributed by atoms with Crippen molar-refractivity contribution in [1.29, 1.82) is 0 Å². The minimum atomic E-state index is -2.19. The fourth-order valence-corrected chi connectivity index (χ4v) is 5.83. The molecule has 1 atom stereocenters. The highest BCUT2D eigenvalue weighted by molar-refractivity contribution is 9.10. The molecule has 1 amide bonds. The quantitative estimate of drug-likeness (QED) is 0.188. The Hall–Kier alpha value is -2.15. The number of benzene rings is 1. The van der Waals surface area contributed by atoms with Gasteiger partial charge in [0.1, 0.15) is 23.2 Å². The monoisotopic (exact) mass is 644 g/mol. The molecule has 1 aliphatic heterocycles. The van der Waals surface area contributed by atoms with Crippen molar-refractivity contribution in [3.05, 3.63) is 31.9 Å². The zero-order valence-electron chi connectivity index (χ0n) is 24.1. The molecule has 0 bridgehead atoms. The number of methoxy groups -OCH3 is 1. The van der Waals surface area contributed by atoms with Crippen LogP contribution in [0.25, 0.3) is 10.9 Å². The van der Waals surface area contributed by atoms with Gasteiger partial charge in [-0.15, -0.1) is 0 Å². The minimum Gasteiger partial charge on any atom is -0.494 e. The fourth-order valence-electron chi connectivity index (χ4n) is 4.16. The molecule has 13 heteroatoms. The number of carbonyl (C=O) groups excluding carboxylic acids is 1. The van der Waals surface area contributed by atoms with Crippen molar-refractivity contribution in [2.75, 3.05) is 38.3 Å². The van der Waals surface area contributed by atoms with E-state index in [1.807, 2.05) is 25.7 Å². The minimum absolute atomic E-state index is 0.0459. The molecule has 216 valence electrons. The number of nitrogens with zero attached hydrogens (tertiary/aromatic N) is 4. The largest absolute Gasteiger partial charge is 0.494 e. The molecule has 0 saturated carbocycles. The van der Waals surface area contributed by atoms with Crippen molar-refractivity contribution >= 4 is 64.2 Å². The maximum Gasteiger partial charge on any atom is 0.410 e. The lowest BCUT2D eigenvalue weighted by molar-refractivity contribution is -0.384. The van der Waals surface area contributed by atoms with Gasteiger partial charge in [0, 0.05) is 24.1 Å². The van der Waals surface area contributed by atoms with Crippen molar-refractivity contribution in [3.8, 4) is 5.75 Å². The van der Waals surface area contributed by atoms with Crippen LogP contribution in [-0.2, 0) is 9.16 Å². The Morgan fingerprint density at radius 2 is 1.90 bits per heavy atom. The van der Waals surface area contributed by atoms with Crippen molar-refractivity contribution in [2.24, 2.45) is 0 Å². The predicted octanol–water partition coefficient (Wildman–Crippen LogP) is 7.02. The lowest BCUT2D eigenvalue weighted by Crippen LogP contribution is -2.58. The molecule has 0 N–H and O–H groups in total. The maximum atomic E-state index is 13.0. The Bertz CT molecular complexity index is 1260. The van der Waals surface area contributed by atoms with Crippen molar-refractivity contribution in [3.63, 3.8) is 0 Å². The number of pyridine rings is 1. The molecular formula is C26H38BrClN4O6Si. The molecule has 2 aromatic rings. The lowest BCUT2D eigenvalue weighted by Gasteiger charge is -2.45. The van der Waals surface area contributed by atoms with Crippen molar-refractivity contribution in [2.45, 2.75) is 71.3 Å². The standard InChI is InChI=1S/C26H38BrClN4O6Si/c1-25(2,3)38-24(33)30-10-11-31(16(14-30)15-37-39(8,9)26(4,5)6)22-19(32(34)35)13-29-18-12-17(27)21(28)23(36-7)20(18)22/h12-13,16H,10-11,14-15H2,1-9H3/t16-/m1/s1. The summed E-state index contributed by atoms with van der Waals surface area (Å²) in [5.41, 5.74) is -0.00705. The molecule has 0 aliphatic carbocycles. The van der Waals surface area contributed by atoms with E-state index < -0.39 is 31.0 Å². The molecule has 1 aliphatic rings. The van der Waals surface area contributed by atoms with Crippen LogP contribution in [0.4, 0.5) is 16.2 Å². The average molecular weight is 646 g/mol. The van der Waals surface area contributed by atoms with Gasteiger partial charge in [-0.2, -0.15) is 0 Å². The normalized spacial score (nSPS) is 16.9. The topological polar surface area (TPSA) is 107 Å². The van der Waals surface area contributed by atoms with Crippen molar-refractivity contribution < 1.29 is 23.6 Å². The SMILES string of the molecule is COc1c(Cl)c(Br)cc2ncc([N+](=O)[O-])c(N3CCN(C(=O)OC(C)(C)C)C[C@@H]3CO[Si](C)(C)C(C)(C)C)c12. The van der Waals surface area contributed by atoms with Gasteiger partial charge >= 0.3 is 11.8 Å². The number of anilines is 1. The van der Waals surface area contributed by atoms with E-state index in [1.165, 1.54) is 13.3 Å². The van der Waals surface area contributed by atoms with E-state index >= 15 is 0 Å². The first-order chi connectivity index (χ1) is 17.9. The zero-order valence-corrected chi connectivity index (χ0v) is 27.4. The van der Waals surface area contributed by atoms with Gasteiger partial charge in [-0.1, -0.05) is 32.4 Å². The van der Waals surface area contributed by atoms with Crippen LogP contribution < -0.4 is 9.64 Å². The molecule has 1 saturated heterocycles. The molecule has 0 unspecified atom stereocenters. The Balaban J connectivity index is 2.17. The molecule has 39 heavy (non-hydrogen) atoms. The average Bonchev–Trinajstić information content (AvgIpc) is 2.81. The van der Waals surface area contributed by atoms with Crippen LogP contribution >= 0.6 is 27.5 Å². The number of ether oxygens (including phenoxy) is 2. The molecule has 2 heterocycles. The molecule has 1 aromatic carbocycles. The Morgan fingerprint density at radius 3 is 2.44 bits per heavy atom. The molecule has 10 nitrogen and oxygen atoms in total. The van der Waals surface area contributed by atoms with Gasteiger partial charge in [0.15, 0.2) is 8.32 Å². The molecule has 1 aromatic heterocycles. The number of hydrogen-bond donors (Lipinski definition) is 0. The molecule has 1 fully saturated rings. The maximum absolute atomic E-state index is 13.0. The predicted molar refractivity (Wildman–Crippen MR) is 160 cm³/mol. The summed E-state index contributed by atoms with van der Waals surface area (Å²) in [6.07, 6.45) is 0.821. The summed E-state index contributed by atoms with van der Waals surface area (Å²) in [5, 5.41) is 13.0. The third-order valence-corrected chi connectivity index (χ3v) is 13.0. The van der Waals surface area contributed by atoms with Gasteiger partial charge in [-0.3, -0.25) is 10.1 Å². The first kappa shape index (κ1) is 31.4. The van der Waals surface area contributed by atoms with Gasteiger partial charge in [0.05, 0.1) is 40.6 Å². The number of hydrogen-bond acceptors (Lipinski definition) is 8. The first-order valence-electron chi connectivity index (χ1n) is 12.8. The number of piperazine rings is 1. The van der Waals surface area contributed by atoms with E-state index in [0.717, 1.165) is 0 Å². The number of fused-ring (bicyclic) bond motifs is 1. The summed E-state index contributed by atoms with van der Waals surface area (Å²) in [4.78, 5) is 32.8. The highest BCUT2D eigenvalue weighted by Gasteiger charge is 2.41. The Morgan fingerprint density at radius 1 is 1.26 bits per heavy atom. The van der Waals surface area contributed by atoms with Crippen LogP contribution in [0.1, 0.15) is 41.5 Å². The van der Waals surface area contributed by atoms with Gasteiger partial charge in [-0.25, -0.2) is 9.78 Å². The molecule has 3 rings (SSSR count). The van der Waals surface area contributed by atoms with E-state index in [-0.39, 0.29) is 34.6 Å². The van der Waals surface area contributed by atoms with Crippen LogP contribution in [0.15, 0.2) is 16.7 Å². The third kappa shape index (κ3) is 6.78. The second-order valence-corrected chi connectivity index (χ2v) is 18.2. The number of nitro groups is 1. The number of carbonyl (C=O) groups is 1. The smallest absolute Gasteiger partial charge is 0.410 e. The van der Waals surface area contributed by atoms with Gasteiger partial charge in [-0.05, 0) is 60.9 Å². The Labute approximate surface area is 244 Å². The highest BCUT2D eigenvalue weighted by Crippen LogP contribution is 2.47. The highest BCUT2D eigenvalue weighted by atomic mass is 79.9. The molecule has 0 radical (unpaired) electrons. The summed E-state index contributed by atoms with van der Waals surface area (Å²) in [5.74, 6) is 0.283. The summed E-state index contributed by atoms with van der Waals surface area (Å²) in [7, 11) is -0.723. The van der Waals surface area contributed by atoms with Crippen LogP contribution in [-0.4, -0.2) is 74.2 Å². The molecule has 0 spiro atoms. The van der Waals surface area contributed by atoms with E-state index in [1.54, 1.807) is 11.0 Å². The van der Waals surface area contributed by atoms with Gasteiger partial charge in [0.25, 0.3) is 0 Å². The number of rotatable bonds is 6. The van der Waals surface area contributed by atoms with Crippen LogP contribution in [0.3, 0.4) is 0 Å². The Kier molecular flexibility index (Phi) is 9.16. The summed E-state index contributed by atoms with van der Waals surface area (Å²) in [6.45, 7) is 17.3. The van der Waals surface area contributed by atoms with E-state index in [4.69, 9.17) is 25.5 Å². The zero-order chi connectivity index (χ0) is 29.5. The number of halogens is 2. The summed E-state index contributed by atoms with van der Waals surface area (Å²) < 4.78 is 18.5.